The van der Waals surface area contributed by atoms with Gasteiger partial charge in [-0.25, -0.2) is 0 Å². The fraction of sp³-hybridized carbons (Fsp3) is 0.526. The van der Waals surface area contributed by atoms with Crippen molar-refractivity contribution in [2.75, 3.05) is 6.54 Å². The van der Waals surface area contributed by atoms with Gasteiger partial charge in [0.2, 0.25) is 5.91 Å². The third-order valence-electron chi connectivity index (χ3n) is 5.11. The minimum absolute atomic E-state index is 0.264. The van der Waals surface area contributed by atoms with Gasteiger partial charge in [-0.05, 0) is 72.4 Å². The van der Waals surface area contributed by atoms with Crippen LogP contribution in [0.2, 0.25) is 0 Å². The summed E-state index contributed by atoms with van der Waals surface area (Å²) in [6.45, 7) is 0.772. The molecule has 0 saturated heterocycles. The quantitative estimate of drug-likeness (QED) is 0.846. The molecule has 116 valence electrons. The summed E-state index contributed by atoms with van der Waals surface area (Å²) in [6, 6.07) is 6.95. The molecule has 3 heteroatoms. The van der Waals surface area contributed by atoms with Crippen LogP contribution in [0.15, 0.2) is 23.6 Å². The van der Waals surface area contributed by atoms with E-state index in [-0.39, 0.29) is 5.91 Å². The molecule has 0 unspecified atom stereocenters. The van der Waals surface area contributed by atoms with Crippen LogP contribution < -0.4 is 5.32 Å². The summed E-state index contributed by atoms with van der Waals surface area (Å²) in [5.74, 6) is 1.49. The van der Waals surface area contributed by atoms with Gasteiger partial charge in [0.1, 0.15) is 0 Å². The molecule has 0 bridgehead atoms. The summed E-state index contributed by atoms with van der Waals surface area (Å²) >= 11 is 1.83. The first kappa shape index (κ1) is 14.3. The molecule has 1 heterocycles. The second-order valence-electron chi connectivity index (χ2n) is 6.91. The molecule has 1 amide bonds. The summed E-state index contributed by atoms with van der Waals surface area (Å²) in [6.07, 6.45) is 8.38. The largest absolute Gasteiger partial charge is 0.356 e. The van der Waals surface area contributed by atoms with Gasteiger partial charge in [-0.2, -0.15) is 0 Å². The molecule has 2 aliphatic carbocycles. The van der Waals surface area contributed by atoms with E-state index >= 15 is 0 Å². The lowest BCUT2D eigenvalue weighted by molar-refractivity contribution is -0.127. The number of carbonyl (C=O) groups excluding carboxylic acids is 1. The highest BCUT2D eigenvalue weighted by Crippen LogP contribution is 2.34. The number of benzene rings is 1. The van der Waals surface area contributed by atoms with Crippen molar-refractivity contribution in [3.05, 3.63) is 34.7 Å². The Bertz CT molecular complexity index is 682. The van der Waals surface area contributed by atoms with Crippen LogP contribution in [0.1, 0.15) is 43.2 Å². The van der Waals surface area contributed by atoms with E-state index in [1.807, 2.05) is 11.3 Å². The number of nitrogens with one attached hydrogen (secondary N) is 1. The zero-order valence-corrected chi connectivity index (χ0v) is 13.8. The smallest absolute Gasteiger partial charge is 0.223 e. The molecule has 1 aromatic carbocycles. The fourth-order valence-corrected chi connectivity index (χ4v) is 4.22. The molecule has 0 radical (unpaired) electrons. The Morgan fingerprint density at radius 1 is 1.23 bits per heavy atom. The third kappa shape index (κ3) is 3.05. The van der Waals surface area contributed by atoms with Crippen molar-refractivity contribution >= 4 is 27.3 Å². The number of thiophene rings is 1. The summed E-state index contributed by atoms with van der Waals surface area (Å²) in [4.78, 5) is 11.9. The van der Waals surface area contributed by atoms with Crippen molar-refractivity contribution in [1.29, 1.82) is 0 Å². The molecule has 0 atom stereocenters. The Morgan fingerprint density at radius 3 is 2.82 bits per heavy atom. The first-order chi connectivity index (χ1) is 10.8. The highest BCUT2D eigenvalue weighted by Gasteiger charge is 2.24. The van der Waals surface area contributed by atoms with E-state index in [1.165, 1.54) is 46.9 Å². The average molecular weight is 313 g/mol. The van der Waals surface area contributed by atoms with Crippen LogP contribution in [0, 0.1) is 11.8 Å². The van der Waals surface area contributed by atoms with Crippen molar-refractivity contribution in [2.24, 2.45) is 11.8 Å². The maximum absolute atomic E-state index is 11.9. The van der Waals surface area contributed by atoms with Gasteiger partial charge in [-0.15, -0.1) is 11.3 Å². The van der Waals surface area contributed by atoms with Gasteiger partial charge in [0.25, 0.3) is 0 Å². The number of fused-ring (bicyclic) bond motifs is 1. The molecular weight excluding hydrogens is 290 g/mol. The number of hydrogen-bond donors (Lipinski definition) is 1. The predicted molar refractivity (Wildman–Crippen MR) is 92.3 cm³/mol. The maximum Gasteiger partial charge on any atom is 0.223 e. The van der Waals surface area contributed by atoms with Gasteiger partial charge in [-0.3, -0.25) is 4.79 Å². The van der Waals surface area contributed by atoms with Crippen LogP contribution in [0.4, 0.5) is 0 Å². The monoisotopic (exact) mass is 313 g/mol. The normalized spacial score (nSPS) is 18.4. The van der Waals surface area contributed by atoms with E-state index in [0.29, 0.717) is 5.92 Å². The van der Waals surface area contributed by atoms with E-state index < -0.39 is 0 Å². The second-order valence-corrected chi connectivity index (χ2v) is 7.82. The lowest BCUT2D eigenvalue weighted by Gasteiger charge is -2.23. The van der Waals surface area contributed by atoms with Crippen molar-refractivity contribution in [1.82, 2.24) is 5.32 Å². The summed E-state index contributed by atoms with van der Waals surface area (Å²) in [7, 11) is 0. The van der Waals surface area contributed by atoms with Crippen molar-refractivity contribution in [3.8, 4) is 0 Å². The minimum Gasteiger partial charge on any atom is -0.356 e. The number of carbonyl (C=O) groups is 1. The maximum atomic E-state index is 11.9. The van der Waals surface area contributed by atoms with E-state index in [2.05, 4.69) is 28.9 Å². The summed E-state index contributed by atoms with van der Waals surface area (Å²) in [5, 5.41) is 6.78. The van der Waals surface area contributed by atoms with Gasteiger partial charge in [-0.1, -0.05) is 18.6 Å². The molecule has 2 aliphatic rings. The van der Waals surface area contributed by atoms with Crippen molar-refractivity contribution < 1.29 is 4.79 Å². The van der Waals surface area contributed by atoms with Gasteiger partial charge >= 0.3 is 0 Å². The molecule has 2 fully saturated rings. The van der Waals surface area contributed by atoms with Crippen LogP contribution in [-0.2, 0) is 17.6 Å². The lowest BCUT2D eigenvalue weighted by atomic mass is 9.85. The highest BCUT2D eigenvalue weighted by molar-refractivity contribution is 7.17. The Balaban J connectivity index is 1.40. The van der Waals surface area contributed by atoms with E-state index in [1.54, 1.807) is 0 Å². The predicted octanol–water partition coefficient (Wildman–Crippen LogP) is 4.31. The van der Waals surface area contributed by atoms with Crippen LogP contribution >= 0.6 is 11.3 Å². The number of hydrogen-bond acceptors (Lipinski definition) is 2. The standard InChI is InChI=1S/C19H23NOS/c21-19(15-2-1-3-15)20-9-8-16-12-22-18-7-6-14(11-17(16)18)10-13-4-5-13/h6-7,11-13,15H,1-5,8-10H2,(H,20,21). The second kappa shape index (κ2) is 6.04. The summed E-state index contributed by atoms with van der Waals surface area (Å²) in [5.41, 5.74) is 2.87. The molecular formula is C19H23NOS. The SMILES string of the molecule is O=C(NCCc1csc2ccc(CC3CC3)cc12)C1CCC1. The van der Waals surface area contributed by atoms with Crippen molar-refractivity contribution in [3.63, 3.8) is 0 Å². The third-order valence-corrected chi connectivity index (χ3v) is 6.12. The summed E-state index contributed by atoms with van der Waals surface area (Å²) < 4.78 is 1.37. The Hall–Kier alpha value is -1.35. The zero-order chi connectivity index (χ0) is 14.9. The van der Waals surface area contributed by atoms with E-state index in [9.17, 15) is 4.79 Å². The number of rotatable bonds is 6. The van der Waals surface area contributed by atoms with Gasteiger partial charge in [0.15, 0.2) is 0 Å². The van der Waals surface area contributed by atoms with Crippen LogP contribution in [-0.4, -0.2) is 12.5 Å². The van der Waals surface area contributed by atoms with Gasteiger partial charge in [0.05, 0.1) is 0 Å². The molecule has 4 rings (SSSR count). The van der Waals surface area contributed by atoms with Crippen LogP contribution in [0.5, 0.6) is 0 Å². The van der Waals surface area contributed by atoms with Gasteiger partial charge in [0, 0.05) is 17.2 Å². The number of amides is 1. The highest BCUT2D eigenvalue weighted by atomic mass is 32.1. The van der Waals surface area contributed by atoms with Gasteiger partial charge < -0.3 is 5.32 Å². The average Bonchev–Trinajstić information content (AvgIpc) is 3.17. The minimum atomic E-state index is 0.264. The van der Waals surface area contributed by atoms with E-state index in [4.69, 9.17) is 0 Å². The molecule has 1 N–H and O–H groups in total. The molecule has 1 aromatic heterocycles. The first-order valence-corrected chi connectivity index (χ1v) is 9.44. The molecule has 2 aromatic rings. The Kier molecular flexibility index (Phi) is 3.91. The zero-order valence-electron chi connectivity index (χ0n) is 12.9. The van der Waals surface area contributed by atoms with Crippen LogP contribution in [0.25, 0.3) is 10.1 Å². The Labute approximate surface area is 135 Å². The Morgan fingerprint density at radius 2 is 2.09 bits per heavy atom. The fourth-order valence-electron chi connectivity index (χ4n) is 3.24. The molecule has 0 spiro atoms. The molecule has 2 saturated carbocycles. The topological polar surface area (TPSA) is 29.1 Å². The lowest BCUT2D eigenvalue weighted by Crippen LogP contribution is -2.35. The first-order valence-electron chi connectivity index (χ1n) is 8.56. The molecule has 2 nitrogen and oxygen atoms in total. The van der Waals surface area contributed by atoms with Crippen molar-refractivity contribution in [2.45, 2.75) is 44.9 Å². The molecule has 22 heavy (non-hydrogen) atoms. The van der Waals surface area contributed by atoms with Crippen LogP contribution in [0.3, 0.4) is 0 Å². The molecule has 0 aliphatic heterocycles. The van der Waals surface area contributed by atoms with E-state index in [0.717, 1.165) is 31.7 Å².